The van der Waals surface area contributed by atoms with E-state index < -0.39 is 0 Å². The van der Waals surface area contributed by atoms with E-state index in [0.29, 0.717) is 29.6 Å². The topological polar surface area (TPSA) is 65.4 Å². The van der Waals surface area contributed by atoms with E-state index in [1.54, 1.807) is 4.68 Å². The van der Waals surface area contributed by atoms with Crippen LogP contribution in [0, 0.1) is 22.7 Å². The molecule has 0 aliphatic heterocycles. The third kappa shape index (κ3) is 2.28. The minimum absolute atomic E-state index is 0.358. The summed E-state index contributed by atoms with van der Waals surface area (Å²) in [5.41, 5.74) is 1.32. The average Bonchev–Trinajstić information content (AvgIpc) is 2.94. The number of aromatic nitrogens is 2. The van der Waals surface area contributed by atoms with E-state index >= 15 is 0 Å². The van der Waals surface area contributed by atoms with Crippen molar-refractivity contribution in [2.24, 2.45) is 0 Å². The van der Waals surface area contributed by atoms with Crippen LogP contribution < -0.4 is 0 Å². The first-order chi connectivity index (χ1) is 8.27. The Morgan fingerprint density at radius 3 is 2.65 bits per heavy atom. The van der Waals surface area contributed by atoms with Crippen LogP contribution in [0.3, 0.4) is 0 Å². The zero-order chi connectivity index (χ0) is 12.3. The molecule has 0 radical (unpaired) electrons. The molecule has 1 heterocycles. The molecular weight excluding hydrogens is 236 g/mol. The molecule has 0 bridgehead atoms. The third-order valence-electron chi connectivity index (χ3n) is 3.21. The molecule has 17 heavy (non-hydrogen) atoms. The van der Waals surface area contributed by atoms with Crippen LogP contribution in [0.2, 0.25) is 5.15 Å². The highest BCUT2D eigenvalue weighted by Crippen LogP contribution is 2.36. The smallest absolute Gasteiger partial charge is 0.145 e. The summed E-state index contributed by atoms with van der Waals surface area (Å²) < 4.78 is 1.58. The Hall–Kier alpha value is -1.52. The maximum atomic E-state index is 9.15. The molecule has 0 saturated heterocycles. The zero-order valence-corrected chi connectivity index (χ0v) is 10.2. The van der Waals surface area contributed by atoms with Crippen molar-refractivity contribution < 1.29 is 0 Å². The Kier molecular flexibility index (Phi) is 3.66. The number of nitriles is 2. The quantitative estimate of drug-likeness (QED) is 0.826. The molecule has 0 unspecified atom stereocenters. The summed E-state index contributed by atoms with van der Waals surface area (Å²) in [6, 6.07) is 4.20. The van der Waals surface area contributed by atoms with Crippen molar-refractivity contribution in [3.05, 3.63) is 16.4 Å². The van der Waals surface area contributed by atoms with E-state index in [2.05, 4.69) is 17.2 Å². The predicted octanol–water partition coefficient (Wildman–Crippen LogP) is 2.98. The zero-order valence-electron chi connectivity index (χ0n) is 9.49. The predicted molar refractivity (Wildman–Crippen MR) is 63.4 cm³/mol. The van der Waals surface area contributed by atoms with Crippen LogP contribution >= 0.6 is 11.6 Å². The summed E-state index contributed by atoms with van der Waals surface area (Å²) >= 11 is 6.11. The number of hydrogen-bond donors (Lipinski definition) is 0. The molecule has 88 valence electrons. The van der Waals surface area contributed by atoms with Gasteiger partial charge in [-0.3, -0.25) is 4.68 Å². The average molecular weight is 249 g/mol. The molecule has 0 spiro atoms. The van der Waals surface area contributed by atoms with Crippen molar-refractivity contribution in [1.82, 2.24) is 9.78 Å². The van der Waals surface area contributed by atoms with Gasteiger partial charge < -0.3 is 0 Å². The lowest BCUT2D eigenvalue weighted by molar-refractivity contribution is 0.595. The van der Waals surface area contributed by atoms with Gasteiger partial charge in [0.15, 0.2) is 0 Å². The fourth-order valence-corrected chi connectivity index (χ4v) is 2.61. The highest BCUT2D eigenvalue weighted by molar-refractivity contribution is 6.30. The molecule has 0 aromatic carbocycles. The first-order valence-electron chi connectivity index (χ1n) is 5.81. The van der Waals surface area contributed by atoms with E-state index in [0.717, 1.165) is 18.5 Å². The minimum Gasteiger partial charge on any atom is -0.251 e. The minimum atomic E-state index is 0.358. The van der Waals surface area contributed by atoms with Gasteiger partial charge in [-0.1, -0.05) is 24.4 Å². The monoisotopic (exact) mass is 248 g/mol. The fourth-order valence-electron chi connectivity index (χ4n) is 2.35. The number of nitrogens with zero attached hydrogens (tertiary/aromatic N) is 4. The van der Waals surface area contributed by atoms with Crippen LogP contribution in [-0.2, 0) is 6.54 Å². The van der Waals surface area contributed by atoms with Gasteiger partial charge in [0.05, 0.1) is 24.7 Å². The first kappa shape index (κ1) is 12.0. The molecular formula is C12H13ClN4. The molecule has 1 aromatic rings. The van der Waals surface area contributed by atoms with Gasteiger partial charge in [0.1, 0.15) is 16.8 Å². The summed E-state index contributed by atoms with van der Waals surface area (Å²) in [4.78, 5) is 0. The standard InChI is InChI=1S/C12H13ClN4/c13-12-10(8-15)11(9-4-1-2-5-9)16-17(12)7-3-6-14/h9H,1-5,7H2. The van der Waals surface area contributed by atoms with Gasteiger partial charge in [-0.15, -0.1) is 0 Å². The second-order valence-corrected chi connectivity index (χ2v) is 4.63. The van der Waals surface area contributed by atoms with E-state index in [9.17, 15) is 0 Å². The van der Waals surface area contributed by atoms with Gasteiger partial charge in [-0.2, -0.15) is 15.6 Å². The largest absolute Gasteiger partial charge is 0.251 e. The molecule has 1 saturated carbocycles. The Labute approximate surface area is 105 Å². The lowest BCUT2D eigenvalue weighted by Crippen LogP contribution is -2.01. The summed E-state index contributed by atoms with van der Waals surface area (Å²) in [7, 11) is 0. The van der Waals surface area contributed by atoms with Crippen LogP contribution in [0.15, 0.2) is 0 Å². The molecule has 0 atom stereocenters. The summed E-state index contributed by atoms with van der Waals surface area (Å²) in [5.74, 6) is 0.366. The van der Waals surface area contributed by atoms with Crippen LogP contribution in [0.1, 0.15) is 49.3 Å². The van der Waals surface area contributed by atoms with Gasteiger partial charge in [0.2, 0.25) is 0 Å². The van der Waals surface area contributed by atoms with E-state index in [1.807, 2.05) is 0 Å². The maximum absolute atomic E-state index is 9.15. The molecule has 5 heteroatoms. The Bertz CT molecular complexity index is 486. The maximum Gasteiger partial charge on any atom is 0.145 e. The van der Waals surface area contributed by atoms with Crippen LogP contribution in [0.25, 0.3) is 0 Å². The van der Waals surface area contributed by atoms with Crippen LogP contribution in [0.5, 0.6) is 0 Å². The molecule has 1 aromatic heterocycles. The summed E-state index contributed by atoms with van der Waals surface area (Å²) in [6.45, 7) is 0.455. The van der Waals surface area contributed by atoms with Crippen molar-refractivity contribution in [3.63, 3.8) is 0 Å². The Balaban J connectivity index is 2.32. The van der Waals surface area contributed by atoms with Crippen molar-refractivity contribution in [3.8, 4) is 12.1 Å². The van der Waals surface area contributed by atoms with Crippen molar-refractivity contribution in [2.45, 2.75) is 44.6 Å². The third-order valence-corrected chi connectivity index (χ3v) is 3.59. The van der Waals surface area contributed by atoms with Crippen molar-refractivity contribution in [2.75, 3.05) is 0 Å². The van der Waals surface area contributed by atoms with Crippen LogP contribution in [0.4, 0.5) is 0 Å². The molecule has 0 N–H and O–H groups in total. The van der Waals surface area contributed by atoms with Gasteiger partial charge in [-0.25, -0.2) is 0 Å². The van der Waals surface area contributed by atoms with E-state index in [-0.39, 0.29) is 0 Å². The Morgan fingerprint density at radius 1 is 1.35 bits per heavy atom. The van der Waals surface area contributed by atoms with Crippen LogP contribution in [-0.4, -0.2) is 9.78 Å². The molecule has 1 aliphatic carbocycles. The fraction of sp³-hybridized carbons (Fsp3) is 0.583. The molecule has 2 rings (SSSR count). The van der Waals surface area contributed by atoms with E-state index in [1.165, 1.54) is 12.8 Å². The Morgan fingerprint density at radius 2 is 2.06 bits per heavy atom. The summed E-state index contributed by atoms with van der Waals surface area (Å²) in [5, 5.41) is 22.5. The number of aryl methyl sites for hydroxylation is 1. The van der Waals surface area contributed by atoms with E-state index in [4.69, 9.17) is 22.1 Å². The lowest BCUT2D eigenvalue weighted by atomic mass is 10.0. The molecule has 0 amide bonds. The van der Waals surface area contributed by atoms with Gasteiger partial charge in [-0.05, 0) is 12.8 Å². The van der Waals surface area contributed by atoms with Crippen molar-refractivity contribution >= 4 is 11.6 Å². The number of halogens is 1. The second-order valence-electron chi connectivity index (χ2n) is 4.28. The van der Waals surface area contributed by atoms with Gasteiger partial charge in [0.25, 0.3) is 0 Å². The van der Waals surface area contributed by atoms with Gasteiger partial charge >= 0.3 is 0 Å². The van der Waals surface area contributed by atoms with Crippen molar-refractivity contribution in [1.29, 1.82) is 10.5 Å². The molecule has 1 fully saturated rings. The number of hydrogen-bond acceptors (Lipinski definition) is 3. The SMILES string of the molecule is N#CCCn1nc(C2CCCC2)c(C#N)c1Cl. The first-order valence-corrected chi connectivity index (χ1v) is 6.19. The second kappa shape index (κ2) is 5.21. The number of rotatable bonds is 3. The highest BCUT2D eigenvalue weighted by Gasteiger charge is 2.26. The lowest BCUT2D eigenvalue weighted by Gasteiger charge is -2.04. The molecule has 1 aliphatic rings. The summed E-state index contributed by atoms with van der Waals surface area (Å²) in [6.07, 6.45) is 4.91. The normalized spacial score (nSPS) is 15.7. The highest BCUT2D eigenvalue weighted by atomic mass is 35.5. The molecule has 4 nitrogen and oxygen atoms in total. The van der Waals surface area contributed by atoms with Gasteiger partial charge in [0, 0.05) is 5.92 Å².